The zero-order valence-electron chi connectivity index (χ0n) is 19.2. The Labute approximate surface area is 192 Å². The summed E-state index contributed by atoms with van der Waals surface area (Å²) in [6.07, 6.45) is 3.31. The largest absolute Gasteiger partial charge is 0.474 e. The van der Waals surface area contributed by atoms with Crippen LogP contribution in [0.5, 0.6) is 5.88 Å². The van der Waals surface area contributed by atoms with Crippen molar-refractivity contribution in [2.24, 2.45) is 0 Å². The third-order valence-electron chi connectivity index (χ3n) is 5.19. The van der Waals surface area contributed by atoms with Crippen LogP contribution >= 0.6 is 0 Å². The number of methoxy groups -OCH3 is 1. The summed E-state index contributed by atoms with van der Waals surface area (Å²) in [6, 6.07) is 13.5. The summed E-state index contributed by atoms with van der Waals surface area (Å²) in [5, 5.41) is 8.11. The highest BCUT2D eigenvalue weighted by Crippen LogP contribution is 2.28. The standard InChI is InChI=1S/C25H27N5O3/c1-16(2)30-23-20(15-27-30)19(14-22(28-23)18-9-7-17(3)8-10-18)24(31)29-21-6-5-11-26-25(21)33-13-12-32-4/h5-11,14-16H,12-13H2,1-4H3,(H,29,31). The van der Waals surface area contributed by atoms with Crippen LogP contribution in [-0.4, -0.2) is 46.0 Å². The summed E-state index contributed by atoms with van der Waals surface area (Å²) in [5.41, 5.74) is 4.42. The Morgan fingerprint density at radius 2 is 1.94 bits per heavy atom. The fourth-order valence-corrected chi connectivity index (χ4v) is 3.47. The lowest BCUT2D eigenvalue weighted by molar-refractivity contribution is 0.102. The fourth-order valence-electron chi connectivity index (χ4n) is 3.47. The molecule has 1 N–H and O–H groups in total. The second kappa shape index (κ2) is 9.79. The van der Waals surface area contributed by atoms with Crippen LogP contribution in [0.3, 0.4) is 0 Å². The van der Waals surface area contributed by atoms with Gasteiger partial charge in [-0.05, 0) is 39.0 Å². The molecule has 4 aromatic rings. The van der Waals surface area contributed by atoms with Crippen molar-refractivity contribution in [2.75, 3.05) is 25.6 Å². The first kappa shape index (κ1) is 22.4. The van der Waals surface area contributed by atoms with Gasteiger partial charge in [0.25, 0.3) is 5.91 Å². The molecule has 8 nitrogen and oxygen atoms in total. The minimum atomic E-state index is -0.288. The molecule has 0 radical (unpaired) electrons. The summed E-state index contributed by atoms with van der Waals surface area (Å²) >= 11 is 0. The third-order valence-corrected chi connectivity index (χ3v) is 5.19. The van der Waals surface area contributed by atoms with E-state index in [4.69, 9.17) is 14.5 Å². The molecule has 1 amide bonds. The number of hydrogen-bond acceptors (Lipinski definition) is 6. The van der Waals surface area contributed by atoms with Crippen LogP contribution in [0.1, 0.15) is 35.8 Å². The summed E-state index contributed by atoms with van der Waals surface area (Å²) in [4.78, 5) is 22.5. The highest BCUT2D eigenvalue weighted by Gasteiger charge is 2.20. The first-order chi connectivity index (χ1) is 16.0. The number of carbonyl (C=O) groups is 1. The van der Waals surface area contributed by atoms with Crippen molar-refractivity contribution in [3.8, 4) is 17.1 Å². The Bertz CT molecular complexity index is 1270. The van der Waals surface area contributed by atoms with E-state index in [1.165, 1.54) is 0 Å². The Kier molecular flexibility index (Phi) is 6.65. The number of hydrogen-bond donors (Lipinski definition) is 1. The van der Waals surface area contributed by atoms with Gasteiger partial charge in [0.05, 0.1) is 29.4 Å². The SMILES string of the molecule is COCCOc1ncccc1NC(=O)c1cc(-c2ccc(C)cc2)nc2c1cnn2C(C)C. The predicted molar refractivity (Wildman–Crippen MR) is 128 cm³/mol. The molecule has 0 bridgehead atoms. The summed E-state index contributed by atoms with van der Waals surface area (Å²) in [7, 11) is 1.60. The zero-order chi connectivity index (χ0) is 23.4. The van der Waals surface area contributed by atoms with Crippen molar-refractivity contribution in [2.45, 2.75) is 26.8 Å². The molecular formula is C25H27N5O3. The van der Waals surface area contributed by atoms with Crippen LogP contribution in [0.25, 0.3) is 22.3 Å². The quantitative estimate of drug-likeness (QED) is 0.397. The van der Waals surface area contributed by atoms with Crippen LogP contribution in [0.15, 0.2) is 54.9 Å². The Hall–Kier alpha value is -3.78. The molecule has 0 aliphatic heterocycles. The van der Waals surface area contributed by atoms with Crippen LogP contribution < -0.4 is 10.1 Å². The van der Waals surface area contributed by atoms with E-state index >= 15 is 0 Å². The second-order valence-electron chi connectivity index (χ2n) is 7.99. The number of pyridine rings is 2. The lowest BCUT2D eigenvalue weighted by Crippen LogP contribution is -2.15. The van der Waals surface area contributed by atoms with Gasteiger partial charge in [0.1, 0.15) is 12.3 Å². The van der Waals surface area contributed by atoms with E-state index in [2.05, 4.69) is 15.4 Å². The molecule has 0 spiro atoms. The predicted octanol–water partition coefficient (Wildman–Crippen LogP) is 4.66. The molecule has 170 valence electrons. The van der Waals surface area contributed by atoms with Gasteiger partial charge in [0, 0.05) is 24.9 Å². The average molecular weight is 446 g/mol. The maximum Gasteiger partial charge on any atom is 0.256 e. The lowest BCUT2D eigenvalue weighted by atomic mass is 10.0. The molecular weight excluding hydrogens is 418 g/mol. The van der Waals surface area contributed by atoms with Crippen LogP contribution in [-0.2, 0) is 4.74 Å². The van der Waals surface area contributed by atoms with E-state index in [0.29, 0.717) is 47.1 Å². The second-order valence-corrected chi connectivity index (χ2v) is 7.99. The maximum absolute atomic E-state index is 13.4. The molecule has 8 heteroatoms. The van der Waals surface area contributed by atoms with Crippen molar-refractivity contribution in [1.29, 1.82) is 0 Å². The van der Waals surface area contributed by atoms with E-state index in [1.807, 2.05) is 49.7 Å². The molecule has 0 aliphatic rings. The normalized spacial score (nSPS) is 11.2. The molecule has 0 atom stereocenters. The smallest absolute Gasteiger partial charge is 0.256 e. The van der Waals surface area contributed by atoms with E-state index < -0.39 is 0 Å². The fraction of sp³-hybridized carbons (Fsp3) is 0.280. The van der Waals surface area contributed by atoms with Crippen LogP contribution in [0.4, 0.5) is 5.69 Å². The number of benzene rings is 1. The van der Waals surface area contributed by atoms with Crippen molar-refractivity contribution in [3.63, 3.8) is 0 Å². The highest BCUT2D eigenvalue weighted by atomic mass is 16.5. The molecule has 33 heavy (non-hydrogen) atoms. The number of aryl methyl sites for hydroxylation is 1. The van der Waals surface area contributed by atoms with Gasteiger partial charge in [-0.1, -0.05) is 29.8 Å². The summed E-state index contributed by atoms with van der Waals surface area (Å²) < 4.78 is 12.5. The van der Waals surface area contributed by atoms with Gasteiger partial charge in [-0.2, -0.15) is 5.10 Å². The van der Waals surface area contributed by atoms with Gasteiger partial charge in [0.15, 0.2) is 5.65 Å². The lowest BCUT2D eigenvalue weighted by Gasteiger charge is -2.13. The van der Waals surface area contributed by atoms with Gasteiger partial charge in [0.2, 0.25) is 5.88 Å². The summed E-state index contributed by atoms with van der Waals surface area (Å²) in [5.74, 6) is 0.0495. The first-order valence-corrected chi connectivity index (χ1v) is 10.8. The number of fused-ring (bicyclic) bond motifs is 1. The van der Waals surface area contributed by atoms with Crippen LogP contribution in [0, 0.1) is 6.92 Å². The minimum Gasteiger partial charge on any atom is -0.474 e. The first-order valence-electron chi connectivity index (χ1n) is 10.8. The number of rotatable bonds is 8. The maximum atomic E-state index is 13.4. The van der Waals surface area contributed by atoms with Gasteiger partial charge in [-0.15, -0.1) is 0 Å². The van der Waals surface area contributed by atoms with Gasteiger partial charge in [-0.25, -0.2) is 14.6 Å². The minimum absolute atomic E-state index is 0.0956. The van der Waals surface area contributed by atoms with Gasteiger partial charge < -0.3 is 14.8 Å². The number of nitrogens with one attached hydrogen (secondary N) is 1. The average Bonchev–Trinajstić information content (AvgIpc) is 3.24. The Morgan fingerprint density at radius 1 is 1.15 bits per heavy atom. The van der Waals surface area contributed by atoms with Crippen molar-refractivity contribution >= 4 is 22.6 Å². The Morgan fingerprint density at radius 3 is 2.67 bits per heavy atom. The van der Waals surface area contributed by atoms with E-state index in [0.717, 1.165) is 11.1 Å². The van der Waals surface area contributed by atoms with Crippen molar-refractivity contribution < 1.29 is 14.3 Å². The monoisotopic (exact) mass is 445 g/mol. The van der Waals surface area contributed by atoms with E-state index in [9.17, 15) is 4.79 Å². The zero-order valence-corrected chi connectivity index (χ0v) is 19.2. The number of aromatic nitrogens is 4. The molecule has 0 unspecified atom stereocenters. The molecule has 0 saturated carbocycles. The van der Waals surface area contributed by atoms with E-state index in [-0.39, 0.29) is 11.9 Å². The molecule has 0 fully saturated rings. The molecule has 4 rings (SSSR count). The highest BCUT2D eigenvalue weighted by molar-refractivity contribution is 6.13. The number of anilines is 1. The van der Waals surface area contributed by atoms with Gasteiger partial charge >= 0.3 is 0 Å². The number of nitrogens with zero attached hydrogens (tertiary/aromatic N) is 4. The van der Waals surface area contributed by atoms with E-state index in [1.54, 1.807) is 37.7 Å². The van der Waals surface area contributed by atoms with Crippen molar-refractivity contribution in [1.82, 2.24) is 19.7 Å². The number of carbonyl (C=O) groups excluding carboxylic acids is 1. The van der Waals surface area contributed by atoms with Crippen molar-refractivity contribution in [3.05, 3.63) is 66.0 Å². The third kappa shape index (κ3) is 4.85. The molecule has 0 saturated heterocycles. The number of ether oxygens (including phenoxy) is 2. The Balaban J connectivity index is 1.75. The van der Waals surface area contributed by atoms with Gasteiger partial charge in [-0.3, -0.25) is 4.79 Å². The van der Waals surface area contributed by atoms with Crippen LogP contribution in [0.2, 0.25) is 0 Å². The topological polar surface area (TPSA) is 91.2 Å². The molecule has 0 aliphatic carbocycles. The summed E-state index contributed by atoms with van der Waals surface area (Å²) in [6.45, 7) is 6.85. The molecule has 3 aromatic heterocycles. The molecule has 3 heterocycles. The molecule has 1 aromatic carbocycles. The number of amides is 1.